The van der Waals surface area contributed by atoms with Crippen LogP contribution < -0.4 is 9.47 Å². The molecule has 2 aromatic rings. The highest BCUT2D eigenvalue weighted by molar-refractivity contribution is 6.42. The Labute approximate surface area is 170 Å². The zero-order valence-corrected chi connectivity index (χ0v) is 16.9. The second kappa shape index (κ2) is 9.65. The van der Waals surface area contributed by atoms with E-state index in [4.69, 9.17) is 32.7 Å². The van der Waals surface area contributed by atoms with Gasteiger partial charge in [-0.15, -0.1) is 0 Å². The molecule has 1 N–H and O–H groups in total. The Hall–Kier alpha value is -1.46. The molecule has 0 saturated carbocycles. The average molecular weight is 410 g/mol. The van der Waals surface area contributed by atoms with E-state index < -0.39 is 6.10 Å². The number of benzene rings is 2. The van der Waals surface area contributed by atoms with E-state index in [9.17, 15) is 5.11 Å². The van der Waals surface area contributed by atoms with Crippen molar-refractivity contribution in [1.29, 1.82) is 0 Å². The lowest BCUT2D eigenvalue weighted by molar-refractivity contribution is 0.0401. The summed E-state index contributed by atoms with van der Waals surface area (Å²) < 4.78 is 11.7. The number of piperidine rings is 1. The van der Waals surface area contributed by atoms with Gasteiger partial charge in [0.05, 0.1) is 10.0 Å². The lowest BCUT2D eigenvalue weighted by atomic mass is 10.1. The third-order valence-corrected chi connectivity index (χ3v) is 5.40. The van der Waals surface area contributed by atoms with Gasteiger partial charge >= 0.3 is 0 Å². The minimum Gasteiger partial charge on any atom is -0.491 e. The first-order valence-electron chi connectivity index (χ1n) is 9.21. The Morgan fingerprint density at radius 1 is 1.04 bits per heavy atom. The first kappa shape index (κ1) is 20.3. The molecule has 2 aromatic carbocycles. The fourth-order valence-corrected chi connectivity index (χ4v) is 3.42. The summed E-state index contributed by atoms with van der Waals surface area (Å²) in [6, 6.07) is 13.2. The molecule has 0 radical (unpaired) electrons. The molecule has 3 rings (SSSR count). The summed E-state index contributed by atoms with van der Waals surface area (Å²) >= 11 is 12.0. The van der Waals surface area contributed by atoms with E-state index in [0.717, 1.165) is 37.4 Å². The van der Waals surface area contributed by atoms with Crippen LogP contribution in [0.1, 0.15) is 18.4 Å². The maximum atomic E-state index is 10.2. The Bertz CT molecular complexity index is 731. The second-order valence-corrected chi connectivity index (χ2v) is 7.79. The number of hydrogen-bond donors (Lipinski definition) is 1. The predicted octanol–water partition coefficient (Wildman–Crippen LogP) is 4.58. The van der Waals surface area contributed by atoms with Crippen molar-refractivity contribution < 1.29 is 14.6 Å². The van der Waals surface area contributed by atoms with Crippen LogP contribution in [-0.2, 0) is 0 Å². The molecule has 6 heteroatoms. The molecule has 1 saturated heterocycles. The average Bonchev–Trinajstić information content (AvgIpc) is 2.66. The topological polar surface area (TPSA) is 41.9 Å². The molecule has 27 heavy (non-hydrogen) atoms. The Morgan fingerprint density at radius 3 is 2.37 bits per heavy atom. The molecule has 1 aliphatic heterocycles. The van der Waals surface area contributed by atoms with Crippen molar-refractivity contribution in [3.63, 3.8) is 0 Å². The van der Waals surface area contributed by atoms with Crippen molar-refractivity contribution in [3.8, 4) is 11.5 Å². The summed E-state index contributed by atoms with van der Waals surface area (Å²) in [5.74, 6) is 1.53. The predicted molar refractivity (Wildman–Crippen MR) is 109 cm³/mol. The number of halogens is 2. The fourth-order valence-electron chi connectivity index (χ4n) is 3.13. The molecule has 1 fully saturated rings. The third-order valence-electron chi connectivity index (χ3n) is 4.66. The van der Waals surface area contributed by atoms with E-state index in [-0.39, 0.29) is 6.10 Å². The molecule has 0 aliphatic carbocycles. The number of aryl methyl sites for hydroxylation is 1. The van der Waals surface area contributed by atoms with Crippen LogP contribution in [0.15, 0.2) is 42.5 Å². The third kappa shape index (κ3) is 6.28. The minimum absolute atomic E-state index is 0.152. The van der Waals surface area contributed by atoms with Crippen molar-refractivity contribution in [2.24, 2.45) is 0 Å². The van der Waals surface area contributed by atoms with Crippen molar-refractivity contribution >= 4 is 23.2 Å². The van der Waals surface area contributed by atoms with Gasteiger partial charge < -0.3 is 19.5 Å². The van der Waals surface area contributed by atoms with Crippen LogP contribution in [-0.4, -0.2) is 48.5 Å². The van der Waals surface area contributed by atoms with Crippen LogP contribution >= 0.6 is 23.2 Å². The summed E-state index contributed by atoms with van der Waals surface area (Å²) in [7, 11) is 0. The van der Waals surface area contributed by atoms with Crippen molar-refractivity contribution in [2.75, 3.05) is 26.2 Å². The van der Waals surface area contributed by atoms with E-state index in [2.05, 4.69) is 4.90 Å². The smallest absolute Gasteiger partial charge is 0.121 e. The van der Waals surface area contributed by atoms with Crippen LogP contribution in [0.5, 0.6) is 11.5 Å². The minimum atomic E-state index is -0.515. The number of likely N-dealkylation sites (tertiary alicyclic amines) is 1. The number of aliphatic hydroxyl groups is 1. The highest BCUT2D eigenvalue weighted by Crippen LogP contribution is 2.28. The number of rotatable bonds is 7. The molecule has 0 spiro atoms. The summed E-state index contributed by atoms with van der Waals surface area (Å²) in [4.78, 5) is 2.25. The van der Waals surface area contributed by atoms with Gasteiger partial charge in [-0.1, -0.05) is 40.9 Å². The standard InChI is InChI=1S/C21H25Cl2NO3/c1-15-2-4-17(5-3-15)26-14-16(25)13-24-10-8-18(9-11-24)27-19-6-7-20(22)21(23)12-19/h2-7,12,16,18,25H,8-11,13-14H2,1H3. The molecule has 4 nitrogen and oxygen atoms in total. The van der Waals surface area contributed by atoms with Gasteiger partial charge in [-0.05, 0) is 44.0 Å². The number of aliphatic hydroxyl groups excluding tert-OH is 1. The summed E-state index contributed by atoms with van der Waals surface area (Å²) in [5.41, 5.74) is 1.19. The summed E-state index contributed by atoms with van der Waals surface area (Å²) in [6.45, 7) is 4.70. The normalized spacial score (nSPS) is 16.9. The Kier molecular flexibility index (Phi) is 7.25. The molecule has 1 atom stereocenters. The van der Waals surface area contributed by atoms with Gasteiger partial charge in [0.25, 0.3) is 0 Å². The molecule has 1 aliphatic rings. The molecule has 146 valence electrons. The van der Waals surface area contributed by atoms with E-state index in [0.29, 0.717) is 23.2 Å². The van der Waals surface area contributed by atoms with Crippen molar-refractivity contribution in [2.45, 2.75) is 32.0 Å². The van der Waals surface area contributed by atoms with Gasteiger partial charge in [0, 0.05) is 25.7 Å². The van der Waals surface area contributed by atoms with Crippen LogP contribution in [0.2, 0.25) is 10.0 Å². The van der Waals surface area contributed by atoms with E-state index in [1.54, 1.807) is 12.1 Å². The largest absolute Gasteiger partial charge is 0.491 e. The first-order chi connectivity index (χ1) is 13.0. The molecule has 0 amide bonds. The van der Waals surface area contributed by atoms with Gasteiger partial charge in [-0.25, -0.2) is 0 Å². The van der Waals surface area contributed by atoms with Gasteiger partial charge in [0.2, 0.25) is 0 Å². The quantitative estimate of drug-likeness (QED) is 0.726. The molecule has 0 aromatic heterocycles. The first-order valence-corrected chi connectivity index (χ1v) is 9.97. The van der Waals surface area contributed by atoms with Gasteiger partial charge in [0.15, 0.2) is 0 Å². The Morgan fingerprint density at radius 2 is 1.70 bits per heavy atom. The van der Waals surface area contributed by atoms with E-state index in [1.807, 2.05) is 37.3 Å². The Balaban J connectivity index is 1.38. The summed E-state index contributed by atoms with van der Waals surface area (Å²) in [5, 5.41) is 11.3. The van der Waals surface area contributed by atoms with E-state index in [1.165, 1.54) is 5.56 Å². The van der Waals surface area contributed by atoms with Crippen LogP contribution in [0.25, 0.3) is 0 Å². The van der Waals surface area contributed by atoms with Crippen LogP contribution in [0.4, 0.5) is 0 Å². The molecular weight excluding hydrogens is 385 g/mol. The zero-order chi connectivity index (χ0) is 19.2. The van der Waals surface area contributed by atoms with Crippen molar-refractivity contribution in [3.05, 3.63) is 58.1 Å². The van der Waals surface area contributed by atoms with E-state index >= 15 is 0 Å². The van der Waals surface area contributed by atoms with Gasteiger partial charge in [-0.3, -0.25) is 0 Å². The monoisotopic (exact) mass is 409 g/mol. The van der Waals surface area contributed by atoms with Crippen LogP contribution in [0, 0.1) is 6.92 Å². The zero-order valence-electron chi connectivity index (χ0n) is 15.4. The number of β-amino-alcohol motifs (C(OH)–C–C–N with tert-alkyl or cyclic N) is 1. The lowest BCUT2D eigenvalue weighted by Gasteiger charge is -2.33. The highest BCUT2D eigenvalue weighted by atomic mass is 35.5. The fraction of sp³-hybridized carbons (Fsp3) is 0.429. The lowest BCUT2D eigenvalue weighted by Crippen LogP contribution is -2.43. The maximum absolute atomic E-state index is 10.2. The highest BCUT2D eigenvalue weighted by Gasteiger charge is 2.22. The van der Waals surface area contributed by atoms with Gasteiger partial charge in [-0.2, -0.15) is 0 Å². The number of ether oxygens (including phenoxy) is 2. The molecule has 1 unspecified atom stereocenters. The molecule has 0 bridgehead atoms. The SMILES string of the molecule is Cc1ccc(OCC(O)CN2CCC(Oc3ccc(Cl)c(Cl)c3)CC2)cc1. The number of hydrogen-bond acceptors (Lipinski definition) is 4. The van der Waals surface area contributed by atoms with Gasteiger partial charge in [0.1, 0.15) is 30.3 Å². The van der Waals surface area contributed by atoms with Crippen molar-refractivity contribution in [1.82, 2.24) is 4.90 Å². The summed E-state index contributed by atoms with van der Waals surface area (Å²) in [6.07, 6.45) is 1.45. The number of nitrogens with zero attached hydrogens (tertiary/aromatic N) is 1. The van der Waals surface area contributed by atoms with Crippen LogP contribution in [0.3, 0.4) is 0 Å². The maximum Gasteiger partial charge on any atom is 0.121 e. The second-order valence-electron chi connectivity index (χ2n) is 6.97. The molecule has 1 heterocycles. The molecular formula is C21H25Cl2NO3.